The normalized spacial score (nSPS) is 15.1. The van der Waals surface area contributed by atoms with Crippen molar-refractivity contribution in [1.82, 2.24) is 4.57 Å². The van der Waals surface area contributed by atoms with E-state index < -0.39 is 0 Å². The second-order valence-electron chi connectivity index (χ2n) is 9.46. The number of hydrogen-bond donors (Lipinski definition) is 0. The fourth-order valence-corrected chi connectivity index (χ4v) is 5.77. The zero-order valence-corrected chi connectivity index (χ0v) is 19.7. The Morgan fingerprint density at radius 1 is 0.686 bits per heavy atom. The highest BCUT2D eigenvalue weighted by Crippen LogP contribution is 2.41. The van der Waals surface area contributed by atoms with Gasteiger partial charge in [0, 0.05) is 29.0 Å². The van der Waals surface area contributed by atoms with Crippen LogP contribution in [0.25, 0.3) is 44.7 Å². The predicted octanol–water partition coefficient (Wildman–Crippen LogP) is 6.66. The Balaban J connectivity index is 1.54. The summed E-state index contributed by atoms with van der Waals surface area (Å²) in [7, 11) is 2.19. The first-order valence-electron chi connectivity index (χ1n) is 12.3. The molecule has 1 aromatic heterocycles. The summed E-state index contributed by atoms with van der Waals surface area (Å²) < 4.78 is 2.34. The summed E-state index contributed by atoms with van der Waals surface area (Å²) in [4.78, 5) is 2.53. The van der Waals surface area contributed by atoms with E-state index in [2.05, 4.69) is 138 Å². The van der Waals surface area contributed by atoms with Crippen molar-refractivity contribution in [1.29, 1.82) is 0 Å². The fourth-order valence-electron chi connectivity index (χ4n) is 5.77. The Kier molecular flexibility index (Phi) is 4.53. The maximum atomic E-state index is 2.53. The highest BCUT2D eigenvalue weighted by atomic mass is 15.2. The zero-order chi connectivity index (χ0) is 23.4. The summed E-state index contributed by atoms with van der Waals surface area (Å²) in [5, 5.41) is 7.80. The van der Waals surface area contributed by atoms with Gasteiger partial charge in [0.1, 0.15) is 0 Å². The number of rotatable bonds is 3. The molecule has 0 bridgehead atoms. The molecule has 1 aliphatic carbocycles. The Labute approximate surface area is 204 Å². The minimum absolute atomic E-state index is 0.230. The van der Waals surface area contributed by atoms with Crippen molar-refractivity contribution in [3.05, 3.63) is 120 Å². The molecule has 0 amide bonds. The largest absolute Gasteiger partial charge is 0.344 e. The monoisotopic (exact) mass is 450 g/mol. The van der Waals surface area contributed by atoms with Crippen molar-refractivity contribution in [2.24, 2.45) is 7.05 Å². The van der Waals surface area contributed by atoms with Crippen LogP contribution in [-0.2, 0) is 7.05 Å². The second kappa shape index (κ2) is 7.89. The van der Waals surface area contributed by atoms with Crippen LogP contribution in [0.4, 0.5) is 11.4 Å². The maximum Gasteiger partial charge on any atom is 0.0566 e. The summed E-state index contributed by atoms with van der Waals surface area (Å²) in [6.45, 7) is 0. The first-order chi connectivity index (χ1) is 17.3. The first kappa shape index (κ1) is 20.1. The molecule has 1 aliphatic rings. The number of fused-ring (bicyclic) bond motifs is 5. The molecule has 1 unspecified atom stereocenters. The van der Waals surface area contributed by atoms with Gasteiger partial charge in [-0.2, -0.15) is 0 Å². The van der Waals surface area contributed by atoms with Crippen LogP contribution < -0.4 is 15.3 Å². The van der Waals surface area contributed by atoms with E-state index in [0.29, 0.717) is 0 Å². The molecule has 7 rings (SSSR count). The SMILES string of the molecule is Cn1c2cc3ccccc3cc2c2c(N(c3ccccc3)C3C=c4ccccc4=CC3)cccc21. The number of hydrogen-bond acceptors (Lipinski definition) is 1. The summed E-state index contributed by atoms with van der Waals surface area (Å²) in [6.07, 6.45) is 5.78. The number of benzene rings is 5. The number of para-hydroxylation sites is 1. The lowest BCUT2D eigenvalue weighted by Crippen LogP contribution is -2.37. The summed E-state index contributed by atoms with van der Waals surface area (Å²) in [6, 6.07) is 39.9. The molecule has 168 valence electrons. The van der Waals surface area contributed by atoms with Crippen LogP contribution in [-0.4, -0.2) is 10.6 Å². The van der Waals surface area contributed by atoms with E-state index in [0.717, 1.165) is 6.42 Å². The average Bonchev–Trinajstić information content (AvgIpc) is 3.20. The van der Waals surface area contributed by atoms with Crippen LogP contribution >= 0.6 is 0 Å². The number of aromatic nitrogens is 1. The van der Waals surface area contributed by atoms with Gasteiger partial charge in [-0.15, -0.1) is 0 Å². The molecule has 2 nitrogen and oxygen atoms in total. The molecule has 5 aromatic carbocycles. The molecule has 35 heavy (non-hydrogen) atoms. The Morgan fingerprint density at radius 3 is 2.23 bits per heavy atom. The van der Waals surface area contributed by atoms with Crippen molar-refractivity contribution >= 4 is 56.1 Å². The van der Waals surface area contributed by atoms with Crippen LogP contribution in [0.2, 0.25) is 0 Å². The third-order valence-electron chi connectivity index (χ3n) is 7.45. The van der Waals surface area contributed by atoms with Crippen LogP contribution in [0.5, 0.6) is 0 Å². The third-order valence-corrected chi connectivity index (χ3v) is 7.45. The first-order valence-corrected chi connectivity index (χ1v) is 12.3. The van der Waals surface area contributed by atoms with Gasteiger partial charge in [-0.3, -0.25) is 0 Å². The molecular weight excluding hydrogens is 424 g/mol. The molecule has 0 saturated carbocycles. The standard InChI is InChI=1S/C33H26N2/c1-34-30-16-9-17-31(33(30)29-21-25-12-7-8-13-26(25)22-32(29)34)35(27-14-3-2-4-15-27)28-19-18-23-10-5-6-11-24(23)20-28/h2-18,20-22,28H,19H2,1H3. The van der Waals surface area contributed by atoms with Crippen molar-refractivity contribution in [2.75, 3.05) is 4.90 Å². The summed E-state index contributed by atoms with van der Waals surface area (Å²) in [5.41, 5.74) is 4.99. The highest BCUT2D eigenvalue weighted by Gasteiger charge is 2.23. The molecule has 0 saturated heterocycles. The molecule has 0 N–H and O–H groups in total. The second-order valence-corrected chi connectivity index (χ2v) is 9.46. The molecule has 2 heteroatoms. The van der Waals surface area contributed by atoms with Gasteiger partial charge in [0.2, 0.25) is 0 Å². The fraction of sp³-hybridized carbons (Fsp3) is 0.0909. The van der Waals surface area contributed by atoms with Crippen LogP contribution in [0.3, 0.4) is 0 Å². The predicted molar refractivity (Wildman–Crippen MR) is 150 cm³/mol. The number of anilines is 2. The van der Waals surface area contributed by atoms with Crippen molar-refractivity contribution < 1.29 is 0 Å². The van der Waals surface area contributed by atoms with Gasteiger partial charge in [0.15, 0.2) is 0 Å². The Hall–Kier alpha value is -4.30. The third kappa shape index (κ3) is 3.18. The van der Waals surface area contributed by atoms with E-state index in [1.54, 1.807) is 0 Å². The maximum absolute atomic E-state index is 2.53. The van der Waals surface area contributed by atoms with E-state index >= 15 is 0 Å². The van der Waals surface area contributed by atoms with Crippen molar-refractivity contribution in [3.63, 3.8) is 0 Å². The van der Waals surface area contributed by atoms with Gasteiger partial charge in [-0.25, -0.2) is 0 Å². The summed E-state index contributed by atoms with van der Waals surface area (Å²) in [5.74, 6) is 0. The van der Waals surface area contributed by atoms with Gasteiger partial charge >= 0.3 is 0 Å². The van der Waals surface area contributed by atoms with Crippen LogP contribution in [0, 0.1) is 0 Å². The number of aryl methyl sites for hydroxylation is 1. The molecule has 1 atom stereocenters. The molecular formula is C33H26N2. The minimum Gasteiger partial charge on any atom is -0.344 e. The van der Waals surface area contributed by atoms with Gasteiger partial charge in [-0.1, -0.05) is 84.9 Å². The van der Waals surface area contributed by atoms with Gasteiger partial charge in [0.05, 0.1) is 17.2 Å². The Morgan fingerprint density at radius 2 is 1.40 bits per heavy atom. The lowest BCUT2D eigenvalue weighted by atomic mass is 9.99. The minimum atomic E-state index is 0.230. The van der Waals surface area contributed by atoms with Crippen LogP contribution in [0.15, 0.2) is 109 Å². The highest BCUT2D eigenvalue weighted by molar-refractivity contribution is 6.18. The van der Waals surface area contributed by atoms with Crippen LogP contribution in [0.1, 0.15) is 6.42 Å². The molecule has 6 aromatic rings. The number of nitrogens with zero attached hydrogens (tertiary/aromatic N) is 2. The van der Waals surface area contributed by atoms with E-state index in [1.807, 2.05) is 0 Å². The quantitative estimate of drug-likeness (QED) is 0.293. The van der Waals surface area contributed by atoms with Crippen molar-refractivity contribution in [3.8, 4) is 0 Å². The summed E-state index contributed by atoms with van der Waals surface area (Å²) >= 11 is 0. The van der Waals surface area contributed by atoms with Gasteiger partial charge in [0.25, 0.3) is 0 Å². The van der Waals surface area contributed by atoms with E-state index in [9.17, 15) is 0 Å². The van der Waals surface area contributed by atoms with E-state index in [1.165, 1.54) is 54.4 Å². The Bertz CT molecular complexity index is 1840. The molecule has 0 radical (unpaired) electrons. The topological polar surface area (TPSA) is 8.17 Å². The molecule has 0 spiro atoms. The molecule has 1 heterocycles. The van der Waals surface area contributed by atoms with Gasteiger partial charge < -0.3 is 9.47 Å². The lowest BCUT2D eigenvalue weighted by Gasteiger charge is -2.33. The molecule has 0 fully saturated rings. The average molecular weight is 451 g/mol. The molecule has 0 aliphatic heterocycles. The van der Waals surface area contributed by atoms with Crippen molar-refractivity contribution in [2.45, 2.75) is 12.5 Å². The van der Waals surface area contributed by atoms with E-state index in [4.69, 9.17) is 0 Å². The zero-order valence-electron chi connectivity index (χ0n) is 19.7. The lowest BCUT2D eigenvalue weighted by molar-refractivity contribution is 0.840. The van der Waals surface area contributed by atoms with Gasteiger partial charge in [-0.05, 0) is 64.0 Å². The smallest absolute Gasteiger partial charge is 0.0566 e. The van der Waals surface area contributed by atoms with E-state index in [-0.39, 0.29) is 6.04 Å².